The van der Waals surface area contributed by atoms with Crippen LogP contribution in [0.25, 0.3) is 11.2 Å². The number of fused-ring (bicyclic) bond motifs is 1. The fraction of sp³-hybridized carbons (Fsp3) is 0.704. The number of hydrogen-bond acceptors (Lipinski definition) is 20. The molecule has 3 rings (SSSR count). The van der Waals surface area contributed by atoms with Gasteiger partial charge in [0.1, 0.15) is 42.3 Å². The number of phosphoric ester groups is 3. The van der Waals surface area contributed by atoms with Crippen LogP contribution in [0.2, 0.25) is 0 Å². The minimum atomic E-state index is -5.59. The lowest BCUT2D eigenvalue weighted by Crippen LogP contribution is -2.46. The zero-order chi connectivity index (χ0) is 43.1. The molecule has 9 unspecified atom stereocenters. The van der Waals surface area contributed by atoms with Crippen molar-refractivity contribution < 1.29 is 85.6 Å². The summed E-state index contributed by atoms with van der Waals surface area (Å²) in [6, 6.07) is -1.08. The number of amides is 2. The minimum absolute atomic E-state index is 0.0228. The summed E-state index contributed by atoms with van der Waals surface area (Å²) in [5.41, 5.74) is 9.94. The Morgan fingerprint density at radius 1 is 1.04 bits per heavy atom. The third-order valence-electron chi connectivity index (χ3n) is 8.07. The first-order valence-electron chi connectivity index (χ1n) is 16.7. The standard InChI is InChI=1S/C27H47N8O18P3S/c1-13(2)18(37)16(28)26(41)57-8-7-30-15(36)5-6-31-24(40)21(39)27(3,4)10-50-56(47,48)53-55(45,46)49-9-14-20(52-54(42,43)44)19(38)25(51-14)35-12-34-17-22(29)32-11-33-23(17)35/h11-14,16,18-21,25,37-39H,5-10,28H2,1-4H3,(H,30,36)(H,31,40)(H,45,46)(H,47,48)(H2,29,32,33)(H2,42,43,44). The van der Waals surface area contributed by atoms with Gasteiger partial charge in [-0.15, -0.1) is 0 Å². The Balaban J connectivity index is 1.48. The van der Waals surface area contributed by atoms with Gasteiger partial charge in [0.2, 0.25) is 16.9 Å². The van der Waals surface area contributed by atoms with E-state index in [9.17, 15) is 63.0 Å². The van der Waals surface area contributed by atoms with Crippen molar-refractivity contribution in [2.45, 2.75) is 76.9 Å². The molecule has 1 aliphatic rings. The van der Waals surface area contributed by atoms with E-state index in [1.165, 1.54) is 13.8 Å². The first-order chi connectivity index (χ1) is 26.2. The maximum atomic E-state index is 12.7. The molecule has 2 aromatic heterocycles. The van der Waals surface area contributed by atoms with Crippen molar-refractivity contribution in [3.05, 3.63) is 12.7 Å². The highest BCUT2D eigenvalue weighted by molar-refractivity contribution is 8.13. The Morgan fingerprint density at radius 3 is 2.32 bits per heavy atom. The number of phosphoric acid groups is 3. The van der Waals surface area contributed by atoms with Crippen molar-refractivity contribution in [2.24, 2.45) is 17.1 Å². The molecule has 1 aliphatic heterocycles. The number of nitrogen functional groups attached to an aromatic ring is 1. The third-order valence-corrected chi connectivity index (χ3v) is 12.1. The number of carbonyl (C=O) groups is 3. The first-order valence-corrected chi connectivity index (χ1v) is 22.2. The molecule has 0 aliphatic carbocycles. The molecule has 1 fully saturated rings. The number of hydrogen-bond donors (Lipinski definition) is 11. The summed E-state index contributed by atoms with van der Waals surface area (Å²) in [6.45, 7) is 3.67. The van der Waals surface area contributed by atoms with E-state index >= 15 is 0 Å². The minimum Gasteiger partial charge on any atom is -0.391 e. The quantitative estimate of drug-likeness (QED) is 0.0450. The largest absolute Gasteiger partial charge is 0.481 e. The number of anilines is 1. The second-order valence-electron chi connectivity index (χ2n) is 13.5. The fourth-order valence-corrected chi connectivity index (χ4v) is 8.50. The van der Waals surface area contributed by atoms with Gasteiger partial charge in [0.25, 0.3) is 0 Å². The van der Waals surface area contributed by atoms with Gasteiger partial charge in [-0.05, 0) is 5.92 Å². The number of nitrogens with two attached hydrogens (primary N) is 2. The Kier molecular flexibility index (Phi) is 17.3. The normalized spacial score (nSPS) is 22.8. The third kappa shape index (κ3) is 14.3. The number of nitrogens with one attached hydrogen (secondary N) is 2. The van der Waals surface area contributed by atoms with Gasteiger partial charge in [0, 0.05) is 30.7 Å². The van der Waals surface area contributed by atoms with Gasteiger partial charge in [-0.25, -0.2) is 28.6 Å². The molecule has 1 saturated heterocycles. The van der Waals surface area contributed by atoms with Gasteiger partial charge < -0.3 is 61.7 Å². The molecular weight excluding hydrogens is 849 g/mol. The molecule has 0 aromatic carbocycles. The van der Waals surface area contributed by atoms with Crippen LogP contribution in [0.1, 0.15) is 40.3 Å². The Labute approximate surface area is 328 Å². The van der Waals surface area contributed by atoms with Crippen LogP contribution in [0, 0.1) is 11.3 Å². The lowest BCUT2D eigenvalue weighted by atomic mass is 9.87. The summed E-state index contributed by atoms with van der Waals surface area (Å²) in [7, 11) is -16.4. The average Bonchev–Trinajstić information content (AvgIpc) is 3.67. The molecule has 324 valence electrons. The molecule has 26 nitrogen and oxygen atoms in total. The van der Waals surface area contributed by atoms with Gasteiger partial charge in [-0.1, -0.05) is 39.5 Å². The van der Waals surface area contributed by atoms with Crippen molar-refractivity contribution in [3.63, 3.8) is 0 Å². The Bertz CT molecular complexity index is 1870. The molecule has 0 radical (unpaired) electrons. The number of thioether (sulfide) groups is 1. The van der Waals surface area contributed by atoms with Gasteiger partial charge in [0.15, 0.2) is 17.7 Å². The highest BCUT2D eigenvalue weighted by Gasteiger charge is 2.50. The SMILES string of the molecule is CC(C)C(O)C(N)C(=O)SCCNC(=O)CCNC(=O)C(O)C(C)(C)COP(=O)(O)OP(=O)(O)OCC1OC(n2cnc3c(N)ncnc32)C(O)C1OP(=O)(O)O. The molecule has 9 atom stereocenters. The Morgan fingerprint density at radius 2 is 1.68 bits per heavy atom. The van der Waals surface area contributed by atoms with E-state index < -0.39 is 102 Å². The van der Waals surface area contributed by atoms with E-state index in [4.69, 9.17) is 25.3 Å². The molecule has 2 amide bonds. The number of aromatic nitrogens is 4. The highest BCUT2D eigenvalue weighted by Crippen LogP contribution is 2.61. The summed E-state index contributed by atoms with van der Waals surface area (Å²) in [5.74, 6) is -1.62. The summed E-state index contributed by atoms with van der Waals surface area (Å²) in [4.78, 5) is 87.7. The molecule has 57 heavy (non-hydrogen) atoms. The molecular formula is C27H47N8O18P3S. The van der Waals surface area contributed by atoms with Crippen molar-refractivity contribution in [1.82, 2.24) is 30.2 Å². The smallest absolute Gasteiger partial charge is 0.391 e. The van der Waals surface area contributed by atoms with Crippen LogP contribution in [0.5, 0.6) is 0 Å². The zero-order valence-corrected chi connectivity index (χ0v) is 34.3. The summed E-state index contributed by atoms with van der Waals surface area (Å²) < 4.78 is 62.0. The molecule has 0 spiro atoms. The van der Waals surface area contributed by atoms with Crippen LogP contribution < -0.4 is 22.1 Å². The zero-order valence-electron chi connectivity index (χ0n) is 30.8. The lowest BCUT2D eigenvalue weighted by Gasteiger charge is -2.30. The fourth-order valence-electron chi connectivity index (χ4n) is 4.93. The van der Waals surface area contributed by atoms with Crippen LogP contribution in [0.4, 0.5) is 5.82 Å². The van der Waals surface area contributed by atoms with E-state index in [1.807, 2.05) is 0 Å². The Hall–Kier alpha value is -2.52. The molecule has 2 aromatic rings. The maximum Gasteiger partial charge on any atom is 0.481 e. The van der Waals surface area contributed by atoms with Crippen molar-refractivity contribution in [3.8, 4) is 0 Å². The van der Waals surface area contributed by atoms with Crippen molar-refractivity contribution in [1.29, 1.82) is 0 Å². The predicted molar refractivity (Wildman–Crippen MR) is 196 cm³/mol. The van der Waals surface area contributed by atoms with Crippen LogP contribution in [-0.4, -0.2) is 140 Å². The second kappa shape index (κ2) is 20.2. The highest BCUT2D eigenvalue weighted by atomic mass is 32.2. The second-order valence-corrected chi connectivity index (χ2v) is 18.8. The molecule has 0 bridgehead atoms. The molecule has 13 N–H and O–H groups in total. The van der Waals surface area contributed by atoms with Crippen LogP contribution in [0.15, 0.2) is 12.7 Å². The number of carbonyl (C=O) groups excluding carboxylic acids is 3. The number of rotatable bonds is 22. The van der Waals surface area contributed by atoms with Crippen LogP contribution >= 0.6 is 35.2 Å². The van der Waals surface area contributed by atoms with Crippen LogP contribution in [-0.2, 0) is 50.7 Å². The molecule has 30 heteroatoms. The van der Waals surface area contributed by atoms with E-state index in [-0.39, 0.29) is 48.2 Å². The van der Waals surface area contributed by atoms with Gasteiger partial charge in [-0.3, -0.25) is 32.5 Å². The van der Waals surface area contributed by atoms with Gasteiger partial charge in [0.05, 0.1) is 25.6 Å². The number of aliphatic hydroxyl groups excluding tert-OH is 3. The summed E-state index contributed by atoms with van der Waals surface area (Å²) in [5, 5.41) is 35.7. The van der Waals surface area contributed by atoms with Crippen molar-refractivity contribution >= 4 is 69.1 Å². The predicted octanol–water partition coefficient (Wildman–Crippen LogP) is -1.99. The van der Waals surface area contributed by atoms with E-state index in [1.54, 1.807) is 13.8 Å². The number of ether oxygens (including phenoxy) is 1. The maximum absolute atomic E-state index is 12.7. The van der Waals surface area contributed by atoms with Crippen molar-refractivity contribution in [2.75, 3.05) is 37.8 Å². The monoisotopic (exact) mass is 896 g/mol. The first kappa shape index (κ1) is 48.8. The van der Waals surface area contributed by atoms with Crippen LogP contribution in [0.3, 0.4) is 0 Å². The summed E-state index contributed by atoms with van der Waals surface area (Å²) >= 11 is 0.839. The average molecular weight is 897 g/mol. The topological polar surface area (TPSA) is 410 Å². The number of imidazole rings is 1. The van der Waals surface area contributed by atoms with E-state index in [2.05, 4.69) is 34.4 Å². The van der Waals surface area contributed by atoms with Gasteiger partial charge in [-0.2, -0.15) is 4.31 Å². The van der Waals surface area contributed by atoms with Gasteiger partial charge >= 0.3 is 23.5 Å². The number of nitrogens with zero attached hydrogens (tertiary/aromatic N) is 4. The molecule has 3 heterocycles. The van der Waals surface area contributed by atoms with E-state index in [0.29, 0.717) is 0 Å². The summed E-state index contributed by atoms with van der Waals surface area (Å²) in [6.07, 6.45) is -8.07. The number of aliphatic hydroxyl groups is 3. The lowest BCUT2D eigenvalue weighted by molar-refractivity contribution is -0.137. The molecule has 0 saturated carbocycles. The van der Waals surface area contributed by atoms with E-state index in [0.717, 1.165) is 29.0 Å².